The van der Waals surface area contributed by atoms with E-state index in [1.165, 1.54) is 12.8 Å². The van der Waals surface area contributed by atoms with Crippen LogP contribution < -0.4 is 10.1 Å². The molecule has 3 nitrogen and oxygen atoms in total. The van der Waals surface area contributed by atoms with Crippen molar-refractivity contribution in [1.29, 1.82) is 0 Å². The summed E-state index contributed by atoms with van der Waals surface area (Å²) in [4.78, 5) is 4.20. The van der Waals surface area contributed by atoms with Crippen LogP contribution in [-0.4, -0.2) is 23.7 Å². The van der Waals surface area contributed by atoms with E-state index in [0.717, 1.165) is 30.0 Å². The second-order valence-corrected chi connectivity index (χ2v) is 4.65. The van der Waals surface area contributed by atoms with E-state index in [-0.39, 0.29) is 0 Å². The Balaban J connectivity index is 1.51. The SMILES string of the molecule is Cc1ccc(OC[C@@H]2C[C@H]3C[C@H]3N2)cn1. The maximum absolute atomic E-state index is 5.69. The monoisotopic (exact) mass is 204 g/mol. The van der Waals surface area contributed by atoms with Crippen LogP contribution in [0.15, 0.2) is 18.3 Å². The Morgan fingerprint density at radius 3 is 3.07 bits per heavy atom. The minimum atomic E-state index is 0.551. The smallest absolute Gasteiger partial charge is 0.137 e. The summed E-state index contributed by atoms with van der Waals surface area (Å²) >= 11 is 0. The van der Waals surface area contributed by atoms with Gasteiger partial charge in [0.2, 0.25) is 0 Å². The van der Waals surface area contributed by atoms with Crippen molar-refractivity contribution in [2.24, 2.45) is 5.92 Å². The van der Waals surface area contributed by atoms with Gasteiger partial charge in [-0.25, -0.2) is 0 Å². The quantitative estimate of drug-likeness (QED) is 0.810. The van der Waals surface area contributed by atoms with Gasteiger partial charge < -0.3 is 10.1 Å². The summed E-state index contributed by atoms with van der Waals surface area (Å²) in [6.45, 7) is 2.76. The summed E-state index contributed by atoms with van der Waals surface area (Å²) in [6, 6.07) is 5.32. The number of hydrogen-bond acceptors (Lipinski definition) is 3. The third-order valence-electron chi connectivity index (χ3n) is 3.30. The first kappa shape index (κ1) is 9.16. The highest BCUT2D eigenvalue weighted by molar-refractivity contribution is 5.19. The van der Waals surface area contributed by atoms with Gasteiger partial charge in [-0.1, -0.05) is 0 Å². The lowest BCUT2D eigenvalue weighted by Gasteiger charge is -2.14. The zero-order valence-corrected chi connectivity index (χ0v) is 8.94. The molecule has 0 unspecified atom stereocenters. The van der Waals surface area contributed by atoms with Gasteiger partial charge in [-0.3, -0.25) is 4.98 Å². The van der Waals surface area contributed by atoms with Gasteiger partial charge in [0, 0.05) is 17.8 Å². The molecule has 0 spiro atoms. The third kappa shape index (κ3) is 1.97. The minimum absolute atomic E-state index is 0.551. The first-order valence-corrected chi connectivity index (χ1v) is 5.63. The van der Waals surface area contributed by atoms with Crippen molar-refractivity contribution in [2.45, 2.75) is 31.8 Å². The van der Waals surface area contributed by atoms with E-state index < -0.39 is 0 Å². The van der Waals surface area contributed by atoms with E-state index in [2.05, 4.69) is 10.3 Å². The number of nitrogens with one attached hydrogen (secondary N) is 1. The molecular formula is C12H16N2O. The zero-order valence-electron chi connectivity index (χ0n) is 8.94. The summed E-state index contributed by atoms with van der Waals surface area (Å²) < 4.78 is 5.69. The molecule has 2 heterocycles. The van der Waals surface area contributed by atoms with Crippen LogP contribution in [0.3, 0.4) is 0 Å². The number of nitrogens with zero attached hydrogens (tertiary/aromatic N) is 1. The topological polar surface area (TPSA) is 34.1 Å². The molecule has 1 aliphatic carbocycles. The Hall–Kier alpha value is -1.09. The maximum Gasteiger partial charge on any atom is 0.137 e. The Kier molecular flexibility index (Phi) is 2.13. The molecule has 1 aromatic rings. The van der Waals surface area contributed by atoms with Crippen molar-refractivity contribution in [1.82, 2.24) is 10.3 Å². The van der Waals surface area contributed by atoms with Gasteiger partial charge in [0.25, 0.3) is 0 Å². The van der Waals surface area contributed by atoms with Crippen molar-refractivity contribution in [3.63, 3.8) is 0 Å². The molecule has 1 aliphatic heterocycles. The van der Waals surface area contributed by atoms with Gasteiger partial charge >= 0.3 is 0 Å². The molecule has 3 atom stereocenters. The van der Waals surface area contributed by atoms with E-state index in [9.17, 15) is 0 Å². The van der Waals surface area contributed by atoms with Crippen molar-refractivity contribution in [3.8, 4) is 5.75 Å². The molecule has 1 saturated heterocycles. The van der Waals surface area contributed by atoms with Gasteiger partial charge in [0.1, 0.15) is 12.4 Å². The lowest BCUT2D eigenvalue weighted by atomic mass is 10.2. The van der Waals surface area contributed by atoms with Crippen LogP contribution in [0.1, 0.15) is 18.5 Å². The molecule has 0 bridgehead atoms. The number of pyridine rings is 1. The summed E-state index contributed by atoms with van der Waals surface area (Å²) in [7, 11) is 0. The van der Waals surface area contributed by atoms with Crippen LogP contribution in [0.4, 0.5) is 0 Å². The van der Waals surface area contributed by atoms with Gasteiger partial charge in [0.15, 0.2) is 0 Å². The molecule has 1 N–H and O–H groups in total. The number of ether oxygens (including phenoxy) is 1. The summed E-state index contributed by atoms with van der Waals surface area (Å²) in [6.07, 6.45) is 4.46. The minimum Gasteiger partial charge on any atom is -0.490 e. The van der Waals surface area contributed by atoms with Gasteiger partial charge in [-0.15, -0.1) is 0 Å². The van der Waals surface area contributed by atoms with Gasteiger partial charge in [0.05, 0.1) is 6.20 Å². The van der Waals surface area contributed by atoms with Crippen LogP contribution >= 0.6 is 0 Å². The molecular weight excluding hydrogens is 188 g/mol. The average Bonchev–Trinajstić information content (AvgIpc) is 2.86. The fourth-order valence-corrected chi connectivity index (χ4v) is 2.30. The molecule has 3 heteroatoms. The fraction of sp³-hybridized carbons (Fsp3) is 0.583. The first-order valence-electron chi connectivity index (χ1n) is 5.63. The highest BCUT2D eigenvalue weighted by Crippen LogP contribution is 2.40. The van der Waals surface area contributed by atoms with E-state index in [4.69, 9.17) is 4.74 Å². The average molecular weight is 204 g/mol. The lowest BCUT2D eigenvalue weighted by Crippen LogP contribution is -2.31. The van der Waals surface area contributed by atoms with Crippen molar-refractivity contribution < 1.29 is 4.74 Å². The first-order chi connectivity index (χ1) is 7.31. The maximum atomic E-state index is 5.69. The fourth-order valence-electron chi connectivity index (χ4n) is 2.30. The Labute approximate surface area is 89.9 Å². The molecule has 3 rings (SSSR count). The van der Waals surface area contributed by atoms with E-state index in [1.54, 1.807) is 6.20 Å². The predicted octanol–water partition coefficient (Wildman–Crippen LogP) is 1.52. The number of hydrogen-bond donors (Lipinski definition) is 1. The summed E-state index contributed by atoms with van der Waals surface area (Å²) in [5.41, 5.74) is 1.03. The van der Waals surface area contributed by atoms with E-state index >= 15 is 0 Å². The largest absolute Gasteiger partial charge is 0.490 e. The molecule has 2 fully saturated rings. The normalized spacial score (nSPS) is 32.5. The second-order valence-electron chi connectivity index (χ2n) is 4.65. The van der Waals surface area contributed by atoms with Crippen LogP contribution in [0.25, 0.3) is 0 Å². The predicted molar refractivity (Wildman–Crippen MR) is 57.9 cm³/mol. The zero-order chi connectivity index (χ0) is 10.3. The summed E-state index contributed by atoms with van der Waals surface area (Å²) in [5, 5.41) is 3.56. The molecule has 15 heavy (non-hydrogen) atoms. The number of aromatic nitrogens is 1. The number of aryl methyl sites for hydroxylation is 1. The molecule has 80 valence electrons. The van der Waals surface area contributed by atoms with Crippen molar-refractivity contribution in [2.75, 3.05) is 6.61 Å². The van der Waals surface area contributed by atoms with Crippen LogP contribution in [0.2, 0.25) is 0 Å². The van der Waals surface area contributed by atoms with Gasteiger partial charge in [-0.05, 0) is 37.8 Å². The third-order valence-corrected chi connectivity index (χ3v) is 3.30. The molecule has 2 aliphatic rings. The summed E-state index contributed by atoms with van der Waals surface area (Å²) in [5.74, 6) is 1.82. The Morgan fingerprint density at radius 2 is 2.40 bits per heavy atom. The number of rotatable bonds is 3. The van der Waals surface area contributed by atoms with Crippen LogP contribution in [0.5, 0.6) is 5.75 Å². The van der Waals surface area contributed by atoms with Crippen LogP contribution in [-0.2, 0) is 0 Å². The van der Waals surface area contributed by atoms with Crippen molar-refractivity contribution >= 4 is 0 Å². The molecule has 0 amide bonds. The van der Waals surface area contributed by atoms with E-state index in [0.29, 0.717) is 6.04 Å². The van der Waals surface area contributed by atoms with Gasteiger partial charge in [-0.2, -0.15) is 0 Å². The standard InChI is InChI=1S/C12H16N2O/c1-8-2-3-11(6-13-8)15-7-10-4-9-5-12(9)14-10/h2-3,6,9-10,12,14H,4-5,7H2,1H3/t9-,10-,12+/m0/s1. The Bertz CT molecular complexity index is 339. The molecule has 0 radical (unpaired) electrons. The number of fused-ring (bicyclic) bond motifs is 1. The molecule has 0 aromatic carbocycles. The lowest BCUT2D eigenvalue weighted by molar-refractivity contribution is 0.267. The number of piperidine rings is 1. The van der Waals surface area contributed by atoms with E-state index in [1.807, 2.05) is 19.1 Å². The Morgan fingerprint density at radius 1 is 1.47 bits per heavy atom. The highest BCUT2D eigenvalue weighted by Gasteiger charge is 2.45. The molecule has 1 aromatic heterocycles. The second kappa shape index (κ2) is 3.49. The highest BCUT2D eigenvalue weighted by atomic mass is 16.5. The molecule has 1 saturated carbocycles. The van der Waals surface area contributed by atoms with Crippen molar-refractivity contribution in [3.05, 3.63) is 24.0 Å². The van der Waals surface area contributed by atoms with Crippen LogP contribution in [0, 0.1) is 12.8 Å².